The second-order valence-electron chi connectivity index (χ2n) is 6.05. The van der Waals surface area contributed by atoms with E-state index in [0.29, 0.717) is 17.7 Å². The molecule has 1 heterocycles. The first kappa shape index (κ1) is 19.9. The van der Waals surface area contributed by atoms with E-state index in [1.54, 1.807) is 30.5 Å². The van der Waals surface area contributed by atoms with Crippen molar-refractivity contribution in [3.05, 3.63) is 90.3 Å². The third-order valence-corrected chi connectivity index (χ3v) is 5.02. The largest absolute Gasteiger partial charge is 0.340 e. The Morgan fingerprint density at radius 2 is 1.75 bits per heavy atom. The van der Waals surface area contributed by atoms with Gasteiger partial charge in [0.1, 0.15) is 6.04 Å². The Balaban J connectivity index is 1.76. The molecule has 3 rings (SSSR count). The van der Waals surface area contributed by atoms with Crippen molar-refractivity contribution in [2.45, 2.75) is 17.4 Å². The normalized spacial score (nSPS) is 11.5. The van der Waals surface area contributed by atoms with Crippen LogP contribution in [0.25, 0.3) is 0 Å². The van der Waals surface area contributed by atoms with Crippen molar-refractivity contribution in [3.8, 4) is 0 Å². The molecule has 142 valence electrons. The number of carbonyl (C=O) groups is 2. The quantitative estimate of drug-likeness (QED) is 0.607. The van der Waals surface area contributed by atoms with E-state index in [2.05, 4.69) is 15.6 Å². The minimum atomic E-state index is -0.739. The molecular formula is C21H18ClN3O2S. The molecule has 0 saturated carbocycles. The van der Waals surface area contributed by atoms with Crippen LogP contribution >= 0.6 is 21.7 Å². The smallest absolute Gasteiger partial charge is 0.253 e. The maximum atomic E-state index is 12.9. The zero-order valence-corrected chi connectivity index (χ0v) is 16.4. The molecule has 1 unspecified atom stereocenters. The van der Waals surface area contributed by atoms with Crippen molar-refractivity contribution in [1.82, 2.24) is 10.3 Å². The molecule has 0 spiro atoms. The van der Waals surface area contributed by atoms with Crippen molar-refractivity contribution in [2.75, 3.05) is 5.32 Å². The molecule has 7 heteroatoms. The highest BCUT2D eigenvalue weighted by molar-refractivity contribution is 8.21. The van der Waals surface area contributed by atoms with Gasteiger partial charge in [0.15, 0.2) is 0 Å². The minimum Gasteiger partial charge on any atom is -0.340 e. The number of aromatic nitrogens is 1. The van der Waals surface area contributed by atoms with E-state index in [1.807, 2.05) is 42.5 Å². The van der Waals surface area contributed by atoms with Crippen LogP contribution in [0, 0.1) is 0 Å². The molecule has 0 aliphatic heterocycles. The van der Waals surface area contributed by atoms with Crippen LogP contribution < -0.4 is 10.6 Å². The number of hydrogen-bond donors (Lipinski definition) is 2. The fourth-order valence-electron chi connectivity index (χ4n) is 2.62. The summed E-state index contributed by atoms with van der Waals surface area (Å²) in [5.41, 5.74) is 1.98. The summed E-state index contributed by atoms with van der Waals surface area (Å²) in [6.07, 6.45) is 3.43. The average molecular weight is 412 g/mol. The molecule has 2 amide bonds. The van der Waals surface area contributed by atoms with Crippen molar-refractivity contribution in [1.29, 1.82) is 0 Å². The van der Waals surface area contributed by atoms with Crippen LogP contribution in [0.15, 0.2) is 84.0 Å². The molecule has 5 nitrogen and oxygen atoms in total. The fourth-order valence-corrected chi connectivity index (χ4v) is 3.16. The molecule has 1 aromatic heterocycles. The molecule has 0 aliphatic rings. The average Bonchev–Trinajstić information content (AvgIpc) is 2.75. The van der Waals surface area contributed by atoms with E-state index in [9.17, 15) is 9.59 Å². The monoisotopic (exact) mass is 411 g/mol. The van der Waals surface area contributed by atoms with E-state index >= 15 is 0 Å². The summed E-state index contributed by atoms with van der Waals surface area (Å²) in [6, 6.07) is 19.3. The maximum absolute atomic E-state index is 12.9. The summed E-state index contributed by atoms with van der Waals surface area (Å²) < 4.78 is 0. The van der Waals surface area contributed by atoms with Crippen molar-refractivity contribution < 1.29 is 9.59 Å². The Morgan fingerprint density at radius 3 is 2.39 bits per heavy atom. The Morgan fingerprint density at radius 1 is 1.00 bits per heavy atom. The number of hydrogen-bond acceptors (Lipinski definition) is 4. The molecule has 2 N–H and O–H groups in total. The van der Waals surface area contributed by atoms with Gasteiger partial charge in [-0.3, -0.25) is 14.6 Å². The van der Waals surface area contributed by atoms with Crippen molar-refractivity contribution in [2.24, 2.45) is 0 Å². The Labute approximate surface area is 172 Å². The van der Waals surface area contributed by atoms with Gasteiger partial charge in [-0.15, -0.1) is 0 Å². The topological polar surface area (TPSA) is 71.1 Å². The number of benzene rings is 2. The molecule has 0 aliphatic carbocycles. The van der Waals surface area contributed by atoms with Crippen LogP contribution in [-0.4, -0.2) is 22.8 Å². The zero-order chi connectivity index (χ0) is 19.8. The molecule has 0 radical (unpaired) electrons. The van der Waals surface area contributed by atoms with Gasteiger partial charge in [-0.25, -0.2) is 0 Å². The van der Waals surface area contributed by atoms with Crippen LogP contribution in [0.3, 0.4) is 0 Å². The van der Waals surface area contributed by atoms with E-state index in [0.717, 1.165) is 21.4 Å². The molecule has 0 fully saturated rings. The Hall–Kier alpha value is -2.83. The van der Waals surface area contributed by atoms with Crippen molar-refractivity contribution >= 4 is 39.2 Å². The zero-order valence-electron chi connectivity index (χ0n) is 14.8. The number of anilines is 1. The number of rotatable bonds is 7. The Kier molecular flexibility index (Phi) is 7.06. The van der Waals surface area contributed by atoms with E-state index in [-0.39, 0.29) is 11.8 Å². The van der Waals surface area contributed by atoms with Gasteiger partial charge in [0.25, 0.3) is 5.91 Å². The predicted octanol–water partition coefficient (Wildman–Crippen LogP) is 4.31. The second-order valence-corrected chi connectivity index (χ2v) is 7.14. The number of pyridine rings is 1. The summed E-state index contributed by atoms with van der Waals surface area (Å²) in [7, 11) is 6.83. The van der Waals surface area contributed by atoms with Gasteiger partial charge >= 0.3 is 0 Å². The highest BCUT2D eigenvalue weighted by atomic mass is 35.7. The number of halogens is 1. The van der Waals surface area contributed by atoms with Crippen molar-refractivity contribution in [3.63, 3.8) is 0 Å². The molecule has 28 heavy (non-hydrogen) atoms. The van der Waals surface area contributed by atoms with Crippen LogP contribution in [-0.2, 0) is 11.2 Å². The van der Waals surface area contributed by atoms with Crippen LogP contribution in [0.5, 0.6) is 0 Å². The predicted molar refractivity (Wildman–Crippen MR) is 112 cm³/mol. The van der Waals surface area contributed by atoms with Gasteiger partial charge in [-0.1, -0.05) is 30.3 Å². The lowest BCUT2D eigenvalue weighted by Gasteiger charge is -2.19. The second kappa shape index (κ2) is 9.92. The van der Waals surface area contributed by atoms with E-state index in [4.69, 9.17) is 10.7 Å². The number of carbonyl (C=O) groups excluding carboxylic acids is 2. The summed E-state index contributed by atoms with van der Waals surface area (Å²) in [5, 5.41) is 5.66. The van der Waals surface area contributed by atoms with Crippen LogP contribution in [0.2, 0.25) is 0 Å². The molecule has 3 aromatic rings. The number of nitrogens with one attached hydrogen (secondary N) is 2. The van der Waals surface area contributed by atoms with Crippen LogP contribution in [0.4, 0.5) is 5.69 Å². The first-order valence-electron chi connectivity index (χ1n) is 8.60. The van der Waals surface area contributed by atoms with Gasteiger partial charge in [-0.2, -0.15) is 0 Å². The van der Waals surface area contributed by atoms with Gasteiger partial charge in [0.2, 0.25) is 5.91 Å². The molecule has 0 saturated heterocycles. The molecular weight excluding hydrogens is 394 g/mol. The summed E-state index contributed by atoms with van der Waals surface area (Å²) in [4.78, 5) is 30.2. The lowest BCUT2D eigenvalue weighted by Crippen LogP contribution is -2.45. The van der Waals surface area contributed by atoms with Gasteiger partial charge in [-0.05, 0) is 63.6 Å². The lowest BCUT2D eigenvalue weighted by atomic mass is 10.0. The molecule has 2 aromatic carbocycles. The summed E-state index contributed by atoms with van der Waals surface area (Å²) >= 11 is 0. The van der Waals surface area contributed by atoms with E-state index < -0.39 is 6.04 Å². The maximum Gasteiger partial charge on any atom is 0.253 e. The highest BCUT2D eigenvalue weighted by Gasteiger charge is 2.22. The van der Waals surface area contributed by atoms with Gasteiger partial charge in [0, 0.05) is 29.4 Å². The molecule has 0 bridgehead atoms. The number of nitrogens with zero attached hydrogens (tertiary/aromatic N) is 1. The van der Waals surface area contributed by atoms with E-state index in [1.165, 1.54) is 6.20 Å². The Bertz CT molecular complexity index is 921. The first-order chi connectivity index (χ1) is 13.7. The van der Waals surface area contributed by atoms with Gasteiger partial charge < -0.3 is 10.6 Å². The highest BCUT2D eigenvalue weighted by Crippen LogP contribution is 2.23. The standard InChI is InChI=1S/C21H18ClN3O2S/c22-28-18-10-8-17(9-11-18)24-21(27)19(13-15-5-2-1-3-6-15)25-20(26)16-7-4-12-23-14-16/h1-12,14,19H,13H2,(H,24,27)(H,25,26). The third kappa shape index (κ3) is 5.58. The fraction of sp³-hybridized carbons (Fsp3) is 0.0952. The SMILES string of the molecule is O=C(NC(Cc1ccccc1)C(=O)Nc1ccc(SCl)cc1)c1cccnc1. The summed E-state index contributed by atoms with van der Waals surface area (Å²) in [6.45, 7) is 0. The van der Waals surface area contributed by atoms with Gasteiger partial charge in [0.05, 0.1) is 5.56 Å². The third-order valence-electron chi connectivity index (χ3n) is 4.04. The lowest BCUT2D eigenvalue weighted by molar-refractivity contribution is -0.118. The first-order valence-corrected chi connectivity index (χ1v) is 10.2. The minimum absolute atomic E-state index is 0.299. The molecule has 1 atom stereocenters. The summed E-state index contributed by atoms with van der Waals surface area (Å²) in [5.74, 6) is -0.648. The number of amides is 2. The van der Waals surface area contributed by atoms with Crippen LogP contribution in [0.1, 0.15) is 15.9 Å².